The second-order valence-electron chi connectivity index (χ2n) is 6.16. The van der Waals surface area contributed by atoms with Crippen LogP contribution in [0.3, 0.4) is 0 Å². The molecule has 3 aromatic heterocycles. The van der Waals surface area contributed by atoms with Gasteiger partial charge in [0.15, 0.2) is 0 Å². The number of pyridine rings is 1. The summed E-state index contributed by atoms with van der Waals surface area (Å²) in [5, 5.41) is 11.0. The van der Waals surface area contributed by atoms with Crippen LogP contribution in [0.25, 0.3) is 5.65 Å². The van der Waals surface area contributed by atoms with E-state index in [2.05, 4.69) is 34.3 Å². The molecular formula is C17H22N6O. The molecule has 126 valence electrons. The summed E-state index contributed by atoms with van der Waals surface area (Å²) in [5.41, 5.74) is 2.87. The van der Waals surface area contributed by atoms with E-state index >= 15 is 0 Å². The van der Waals surface area contributed by atoms with Crippen LogP contribution in [0.4, 0.5) is 0 Å². The number of aromatic nitrogens is 5. The minimum atomic E-state index is -0.0195. The van der Waals surface area contributed by atoms with Crippen molar-refractivity contribution in [1.82, 2.24) is 29.5 Å². The Kier molecular flexibility index (Phi) is 4.59. The molecule has 0 unspecified atom stereocenters. The van der Waals surface area contributed by atoms with Crippen molar-refractivity contribution < 1.29 is 4.79 Å². The highest BCUT2D eigenvalue weighted by molar-refractivity contribution is 5.78. The zero-order chi connectivity index (χ0) is 17.1. The van der Waals surface area contributed by atoms with Crippen LogP contribution in [-0.4, -0.2) is 36.6 Å². The number of carbonyl (C=O) groups is 1. The molecule has 7 heteroatoms. The number of nitrogens with one attached hydrogen (secondary N) is 1. The summed E-state index contributed by atoms with van der Waals surface area (Å²) in [7, 11) is 0. The zero-order valence-corrected chi connectivity index (χ0v) is 14.2. The van der Waals surface area contributed by atoms with Gasteiger partial charge in [-0.1, -0.05) is 6.07 Å². The lowest BCUT2D eigenvalue weighted by molar-refractivity contribution is -0.120. The molecule has 0 fully saturated rings. The normalized spacial score (nSPS) is 11.3. The van der Waals surface area contributed by atoms with Gasteiger partial charge in [0, 0.05) is 31.4 Å². The van der Waals surface area contributed by atoms with E-state index in [0.717, 1.165) is 22.7 Å². The van der Waals surface area contributed by atoms with Gasteiger partial charge >= 0.3 is 0 Å². The van der Waals surface area contributed by atoms with Gasteiger partial charge in [-0.2, -0.15) is 0 Å². The van der Waals surface area contributed by atoms with Gasteiger partial charge in [0.05, 0.1) is 12.1 Å². The first kappa shape index (κ1) is 16.2. The fourth-order valence-corrected chi connectivity index (χ4v) is 2.75. The molecule has 24 heavy (non-hydrogen) atoms. The second-order valence-corrected chi connectivity index (χ2v) is 6.16. The summed E-state index contributed by atoms with van der Waals surface area (Å²) in [6.07, 6.45) is 6.39. The van der Waals surface area contributed by atoms with Gasteiger partial charge in [-0.15, -0.1) is 10.2 Å². The van der Waals surface area contributed by atoms with Gasteiger partial charge < -0.3 is 14.3 Å². The molecular weight excluding hydrogens is 304 g/mol. The average molecular weight is 326 g/mol. The molecule has 1 amide bonds. The number of nitrogens with zero attached hydrogens (tertiary/aromatic N) is 5. The van der Waals surface area contributed by atoms with Crippen LogP contribution in [0.15, 0.2) is 30.9 Å². The summed E-state index contributed by atoms with van der Waals surface area (Å²) in [6.45, 7) is 6.72. The Bertz CT molecular complexity index is 848. The standard InChI is InChI=1S/C17H22N6O/c1-12(2)23-11-20-21-15(23)6-7-18-16(24)9-14-10-19-17-13(3)5-4-8-22(14)17/h4-5,8,10-12H,6-7,9H2,1-3H3,(H,18,24). The van der Waals surface area contributed by atoms with E-state index in [0.29, 0.717) is 25.4 Å². The number of aryl methyl sites for hydroxylation is 1. The Morgan fingerprint density at radius 1 is 1.38 bits per heavy atom. The zero-order valence-electron chi connectivity index (χ0n) is 14.2. The molecule has 0 spiro atoms. The first-order valence-electron chi connectivity index (χ1n) is 8.13. The van der Waals surface area contributed by atoms with E-state index in [4.69, 9.17) is 0 Å². The monoisotopic (exact) mass is 326 g/mol. The van der Waals surface area contributed by atoms with Crippen LogP contribution < -0.4 is 5.32 Å². The summed E-state index contributed by atoms with van der Waals surface area (Å²) in [5.74, 6) is 0.865. The second kappa shape index (κ2) is 6.82. The van der Waals surface area contributed by atoms with E-state index in [1.54, 1.807) is 12.5 Å². The van der Waals surface area contributed by atoms with Crippen molar-refractivity contribution in [3.8, 4) is 0 Å². The molecule has 0 saturated heterocycles. The highest BCUT2D eigenvalue weighted by Crippen LogP contribution is 2.11. The maximum atomic E-state index is 12.2. The van der Waals surface area contributed by atoms with Crippen molar-refractivity contribution in [3.05, 3.63) is 47.9 Å². The molecule has 0 bridgehead atoms. The molecule has 0 aliphatic heterocycles. The smallest absolute Gasteiger partial charge is 0.226 e. The number of amides is 1. The third kappa shape index (κ3) is 3.29. The van der Waals surface area contributed by atoms with Crippen molar-refractivity contribution in [2.75, 3.05) is 6.54 Å². The Morgan fingerprint density at radius 3 is 3.00 bits per heavy atom. The Balaban J connectivity index is 1.57. The molecule has 0 radical (unpaired) electrons. The van der Waals surface area contributed by atoms with Gasteiger partial charge in [0.25, 0.3) is 0 Å². The molecule has 0 aliphatic carbocycles. The van der Waals surface area contributed by atoms with E-state index in [9.17, 15) is 4.79 Å². The van der Waals surface area contributed by atoms with E-state index in [1.807, 2.05) is 34.2 Å². The van der Waals surface area contributed by atoms with Crippen molar-refractivity contribution in [1.29, 1.82) is 0 Å². The highest BCUT2D eigenvalue weighted by Gasteiger charge is 2.11. The molecule has 7 nitrogen and oxygen atoms in total. The molecule has 1 N–H and O–H groups in total. The first-order chi connectivity index (χ1) is 11.6. The van der Waals surface area contributed by atoms with Gasteiger partial charge in [-0.25, -0.2) is 4.98 Å². The van der Waals surface area contributed by atoms with Gasteiger partial charge in [-0.05, 0) is 32.4 Å². The van der Waals surface area contributed by atoms with Crippen molar-refractivity contribution in [2.45, 2.75) is 39.7 Å². The third-order valence-corrected chi connectivity index (χ3v) is 4.02. The Hall–Kier alpha value is -2.70. The van der Waals surface area contributed by atoms with Gasteiger partial charge in [0.1, 0.15) is 17.8 Å². The van der Waals surface area contributed by atoms with Crippen LogP contribution in [0.2, 0.25) is 0 Å². The summed E-state index contributed by atoms with van der Waals surface area (Å²) >= 11 is 0. The van der Waals surface area contributed by atoms with Crippen molar-refractivity contribution >= 4 is 11.6 Å². The fourth-order valence-electron chi connectivity index (χ4n) is 2.75. The van der Waals surface area contributed by atoms with Crippen LogP contribution >= 0.6 is 0 Å². The van der Waals surface area contributed by atoms with Crippen molar-refractivity contribution in [3.63, 3.8) is 0 Å². The van der Waals surface area contributed by atoms with Crippen LogP contribution in [0.5, 0.6) is 0 Å². The van der Waals surface area contributed by atoms with Crippen molar-refractivity contribution in [2.24, 2.45) is 0 Å². The first-order valence-corrected chi connectivity index (χ1v) is 8.13. The van der Waals surface area contributed by atoms with Gasteiger partial charge in [-0.3, -0.25) is 4.79 Å². The maximum absolute atomic E-state index is 12.2. The van der Waals surface area contributed by atoms with Gasteiger partial charge in [0.2, 0.25) is 5.91 Å². The lowest BCUT2D eigenvalue weighted by Crippen LogP contribution is -2.28. The maximum Gasteiger partial charge on any atom is 0.226 e. The number of fused-ring (bicyclic) bond motifs is 1. The van der Waals surface area contributed by atoms with Crippen LogP contribution in [0, 0.1) is 6.92 Å². The lowest BCUT2D eigenvalue weighted by Gasteiger charge is -2.10. The minimum Gasteiger partial charge on any atom is -0.355 e. The number of hydrogen-bond acceptors (Lipinski definition) is 4. The third-order valence-electron chi connectivity index (χ3n) is 4.02. The SMILES string of the molecule is Cc1cccn2c(CC(=O)NCCc3nncn3C(C)C)cnc12. The predicted octanol–water partition coefficient (Wildman–Crippen LogP) is 1.72. The molecule has 3 aromatic rings. The lowest BCUT2D eigenvalue weighted by atomic mass is 10.2. The highest BCUT2D eigenvalue weighted by atomic mass is 16.1. The largest absolute Gasteiger partial charge is 0.355 e. The topological polar surface area (TPSA) is 77.1 Å². The summed E-state index contributed by atoms with van der Waals surface area (Å²) < 4.78 is 3.98. The molecule has 0 aromatic carbocycles. The number of hydrogen-bond donors (Lipinski definition) is 1. The molecule has 3 rings (SSSR count). The fraction of sp³-hybridized carbons (Fsp3) is 0.412. The number of imidazole rings is 1. The van der Waals surface area contributed by atoms with Crippen LogP contribution in [-0.2, 0) is 17.6 Å². The Labute approximate surface area is 140 Å². The molecule has 3 heterocycles. The predicted molar refractivity (Wildman–Crippen MR) is 90.8 cm³/mol. The minimum absolute atomic E-state index is 0.0195. The number of rotatable bonds is 6. The molecule has 0 aliphatic rings. The molecule has 0 saturated carbocycles. The van der Waals surface area contributed by atoms with E-state index in [1.165, 1.54) is 0 Å². The quantitative estimate of drug-likeness (QED) is 0.748. The summed E-state index contributed by atoms with van der Waals surface area (Å²) in [6, 6.07) is 4.29. The molecule has 0 atom stereocenters. The Morgan fingerprint density at radius 2 is 2.21 bits per heavy atom. The van der Waals surface area contributed by atoms with E-state index in [-0.39, 0.29) is 5.91 Å². The van der Waals surface area contributed by atoms with E-state index < -0.39 is 0 Å². The summed E-state index contributed by atoms with van der Waals surface area (Å²) in [4.78, 5) is 16.6. The number of carbonyl (C=O) groups excluding carboxylic acids is 1. The van der Waals surface area contributed by atoms with Crippen LogP contribution in [0.1, 0.15) is 37.0 Å². The average Bonchev–Trinajstić information content (AvgIpc) is 3.16.